The summed E-state index contributed by atoms with van der Waals surface area (Å²) in [6, 6.07) is 15.2. The molecule has 0 saturated carbocycles. The van der Waals surface area contributed by atoms with E-state index in [1.165, 1.54) is 29.6 Å². The monoisotopic (exact) mass is 389 g/mol. The summed E-state index contributed by atoms with van der Waals surface area (Å²) in [6.45, 7) is 4.15. The Morgan fingerprint density at radius 2 is 1.93 bits per heavy atom. The van der Waals surface area contributed by atoms with Crippen LogP contribution in [0.5, 0.6) is 0 Å². The van der Waals surface area contributed by atoms with Crippen LogP contribution in [0.2, 0.25) is 0 Å². The van der Waals surface area contributed by atoms with Gasteiger partial charge in [-0.15, -0.1) is 11.3 Å². The number of methoxy groups -OCH3 is 1. The molecule has 6 heteroatoms. The predicted octanol–water partition coefficient (Wildman–Crippen LogP) is 5.19. The summed E-state index contributed by atoms with van der Waals surface area (Å²) in [4.78, 5) is 16.1. The Hall–Kier alpha value is -3.43. The number of ether oxygens (including phenoxy) is 1. The van der Waals surface area contributed by atoms with Crippen LogP contribution in [0.4, 0.5) is 5.69 Å². The zero-order chi connectivity index (χ0) is 20.1. The minimum atomic E-state index is -0.388. The molecule has 5 nitrogen and oxygen atoms in total. The maximum atomic E-state index is 11.5. The number of nitriles is 1. The van der Waals surface area contributed by atoms with E-state index in [9.17, 15) is 10.1 Å². The number of hydrogen-bond acceptors (Lipinski definition) is 6. The first kappa shape index (κ1) is 19.3. The molecule has 0 bridgehead atoms. The van der Waals surface area contributed by atoms with Gasteiger partial charge in [0.1, 0.15) is 16.6 Å². The minimum absolute atomic E-state index is 0.388. The Kier molecular flexibility index (Phi) is 5.87. The van der Waals surface area contributed by atoms with Gasteiger partial charge >= 0.3 is 5.97 Å². The van der Waals surface area contributed by atoms with E-state index in [4.69, 9.17) is 0 Å². The Labute approximate surface area is 167 Å². The number of aromatic nitrogens is 1. The van der Waals surface area contributed by atoms with Gasteiger partial charge in [-0.2, -0.15) is 5.26 Å². The number of nitrogens with one attached hydrogen (secondary N) is 1. The second kappa shape index (κ2) is 8.51. The Bertz CT molecular complexity index is 1080. The number of carbonyl (C=O) groups is 1. The van der Waals surface area contributed by atoms with Gasteiger partial charge in [0.2, 0.25) is 0 Å². The van der Waals surface area contributed by atoms with Gasteiger partial charge in [-0.05, 0) is 55.3 Å². The topological polar surface area (TPSA) is 75.0 Å². The molecule has 1 N–H and O–H groups in total. The van der Waals surface area contributed by atoms with Crippen molar-refractivity contribution in [3.63, 3.8) is 0 Å². The van der Waals surface area contributed by atoms with Gasteiger partial charge < -0.3 is 10.1 Å². The summed E-state index contributed by atoms with van der Waals surface area (Å²) < 4.78 is 4.68. The second-order valence-corrected chi connectivity index (χ2v) is 7.08. The van der Waals surface area contributed by atoms with Crippen molar-refractivity contribution in [2.24, 2.45) is 0 Å². The average Bonchev–Trinajstić information content (AvgIpc) is 3.20. The highest BCUT2D eigenvalue weighted by molar-refractivity contribution is 7.11. The van der Waals surface area contributed by atoms with Crippen LogP contribution in [0.15, 0.2) is 54.0 Å². The molecule has 0 aliphatic carbocycles. The summed E-state index contributed by atoms with van der Waals surface area (Å²) in [5.74, 6) is -0.388. The zero-order valence-electron chi connectivity index (χ0n) is 15.8. The fraction of sp³-hybridized carbons (Fsp3) is 0.136. The third kappa shape index (κ3) is 4.27. The molecule has 0 spiro atoms. The summed E-state index contributed by atoms with van der Waals surface area (Å²) >= 11 is 1.43. The molecule has 0 aliphatic rings. The fourth-order valence-corrected chi connectivity index (χ4v) is 3.34. The fourth-order valence-electron chi connectivity index (χ4n) is 2.55. The lowest BCUT2D eigenvalue weighted by atomic mass is 10.1. The highest BCUT2D eigenvalue weighted by Gasteiger charge is 2.10. The molecule has 1 heterocycles. The molecule has 2 aromatic carbocycles. The van der Waals surface area contributed by atoms with Crippen LogP contribution >= 0.6 is 11.3 Å². The Balaban J connectivity index is 1.78. The lowest BCUT2D eigenvalue weighted by Crippen LogP contribution is -2.00. The second-order valence-electron chi connectivity index (χ2n) is 6.22. The largest absolute Gasteiger partial charge is 0.465 e. The van der Waals surface area contributed by atoms with Crippen LogP contribution in [-0.2, 0) is 4.74 Å². The van der Waals surface area contributed by atoms with E-state index in [1.54, 1.807) is 30.5 Å². The molecule has 1 aromatic heterocycles. The van der Waals surface area contributed by atoms with E-state index in [-0.39, 0.29) is 5.97 Å². The number of hydrogen-bond donors (Lipinski definition) is 1. The van der Waals surface area contributed by atoms with Crippen LogP contribution in [0, 0.1) is 25.2 Å². The predicted molar refractivity (Wildman–Crippen MR) is 112 cm³/mol. The van der Waals surface area contributed by atoms with Gasteiger partial charge in [0.05, 0.1) is 18.4 Å². The molecular weight excluding hydrogens is 370 g/mol. The number of thiazole rings is 1. The van der Waals surface area contributed by atoms with Crippen molar-refractivity contribution in [2.75, 3.05) is 12.4 Å². The highest BCUT2D eigenvalue weighted by Crippen LogP contribution is 2.27. The molecule has 3 aromatic rings. The highest BCUT2D eigenvalue weighted by atomic mass is 32.1. The average molecular weight is 389 g/mol. The van der Waals surface area contributed by atoms with Crippen LogP contribution in [0.3, 0.4) is 0 Å². The number of aryl methyl sites for hydroxylation is 2. The van der Waals surface area contributed by atoms with E-state index < -0.39 is 0 Å². The van der Waals surface area contributed by atoms with Crippen molar-refractivity contribution in [1.29, 1.82) is 5.26 Å². The first-order valence-corrected chi connectivity index (χ1v) is 9.48. The zero-order valence-corrected chi connectivity index (χ0v) is 16.6. The number of anilines is 1. The molecule has 0 unspecified atom stereocenters. The number of rotatable bonds is 5. The summed E-state index contributed by atoms with van der Waals surface area (Å²) in [7, 11) is 1.34. The van der Waals surface area contributed by atoms with Gasteiger partial charge in [-0.3, -0.25) is 0 Å². The van der Waals surface area contributed by atoms with Gasteiger partial charge in [0, 0.05) is 22.8 Å². The van der Waals surface area contributed by atoms with Crippen molar-refractivity contribution in [3.05, 3.63) is 75.7 Å². The molecule has 140 valence electrons. The quantitative estimate of drug-likeness (QED) is 0.480. The Morgan fingerprint density at radius 1 is 1.18 bits per heavy atom. The maximum absolute atomic E-state index is 11.5. The smallest absolute Gasteiger partial charge is 0.337 e. The van der Waals surface area contributed by atoms with Crippen molar-refractivity contribution in [1.82, 2.24) is 4.98 Å². The molecule has 0 aliphatic heterocycles. The van der Waals surface area contributed by atoms with Crippen molar-refractivity contribution in [3.8, 4) is 17.3 Å². The van der Waals surface area contributed by atoms with Crippen LogP contribution in [0.1, 0.15) is 26.5 Å². The van der Waals surface area contributed by atoms with E-state index in [0.717, 1.165) is 16.9 Å². The molecule has 0 fully saturated rings. The number of nitrogens with zero attached hydrogens (tertiary/aromatic N) is 2. The summed E-state index contributed by atoms with van der Waals surface area (Å²) in [5, 5.41) is 15.2. The number of benzene rings is 2. The van der Waals surface area contributed by atoms with E-state index >= 15 is 0 Å². The van der Waals surface area contributed by atoms with Crippen molar-refractivity contribution < 1.29 is 9.53 Å². The molecule has 0 amide bonds. The molecule has 0 atom stereocenters. The first-order valence-electron chi connectivity index (χ1n) is 8.60. The number of allylic oxidation sites excluding steroid dienone is 1. The number of carbonyl (C=O) groups excluding carboxylic acids is 1. The normalized spacial score (nSPS) is 11.0. The van der Waals surface area contributed by atoms with E-state index in [2.05, 4.69) is 47.1 Å². The van der Waals surface area contributed by atoms with Crippen LogP contribution < -0.4 is 5.32 Å². The molecule has 3 rings (SSSR count). The third-order valence-electron chi connectivity index (χ3n) is 4.35. The lowest BCUT2D eigenvalue weighted by molar-refractivity contribution is 0.0601. The first-order chi connectivity index (χ1) is 13.5. The summed E-state index contributed by atoms with van der Waals surface area (Å²) in [5.41, 5.74) is 6.00. The van der Waals surface area contributed by atoms with Crippen LogP contribution in [0.25, 0.3) is 16.8 Å². The lowest BCUT2D eigenvalue weighted by Gasteiger charge is -2.03. The van der Waals surface area contributed by atoms with Gasteiger partial charge in [0.25, 0.3) is 0 Å². The standard InChI is InChI=1S/C22H19N3O2S/c1-14-4-5-17(10-15(14)2)20-13-28-21(25-20)18(11-23)12-24-19-8-6-16(7-9-19)22(26)27-3/h4-10,12-13,24H,1-3H3. The van der Waals surface area contributed by atoms with Gasteiger partial charge in [0.15, 0.2) is 0 Å². The summed E-state index contributed by atoms with van der Waals surface area (Å²) in [6.07, 6.45) is 1.62. The minimum Gasteiger partial charge on any atom is -0.465 e. The maximum Gasteiger partial charge on any atom is 0.337 e. The number of esters is 1. The van der Waals surface area contributed by atoms with E-state index in [1.807, 2.05) is 11.4 Å². The van der Waals surface area contributed by atoms with Crippen LogP contribution in [-0.4, -0.2) is 18.1 Å². The molecule has 28 heavy (non-hydrogen) atoms. The molecule has 0 radical (unpaired) electrons. The molecule has 0 saturated heterocycles. The van der Waals surface area contributed by atoms with Crippen molar-refractivity contribution >= 4 is 28.6 Å². The van der Waals surface area contributed by atoms with E-state index in [0.29, 0.717) is 16.1 Å². The van der Waals surface area contributed by atoms with Gasteiger partial charge in [-0.25, -0.2) is 9.78 Å². The SMILES string of the molecule is COC(=O)c1ccc(NC=C(C#N)c2nc(-c3ccc(C)c(C)c3)cs2)cc1. The Morgan fingerprint density at radius 3 is 2.57 bits per heavy atom. The molecular formula is C22H19N3O2S. The van der Waals surface area contributed by atoms with Gasteiger partial charge in [-0.1, -0.05) is 12.1 Å². The van der Waals surface area contributed by atoms with Crippen molar-refractivity contribution in [2.45, 2.75) is 13.8 Å². The third-order valence-corrected chi connectivity index (χ3v) is 5.22.